The van der Waals surface area contributed by atoms with E-state index in [1.54, 1.807) is 6.92 Å². The van der Waals surface area contributed by atoms with Crippen LogP contribution in [-0.2, 0) is 4.79 Å². The second kappa shape index (κ2) is 6.40. The summed E-state index contributed by atoms with van der Waals surface area (Å²) in [5.74, 6) is -0.268. The van der Waals surface area contributed by atoms with E-state index in [1.165, 1.54) is 12.5 Å². The van der Waals surface area contributed by atoms with E-state index in [2.05, 4.69) is 0 Å². The molecular formula is C19H20O2. The van der Waals surface area contributed by atoms with Gasteiger partial charge in [0.25, 0.3) is 0 Å². The first kappa shape index (κ1) is 15.0. The zero-order valence-electron chi connectivity index (χ0n) is 12.6. The van der Waals surface area contributed by atoms with Crippen LogP contribution in [0.3, 0.4) is 0 Å². The summed E-state index contributed by atoms with van der Waals surface area (Å²) in [5, 5.41) is 9.99. The van der Waals surface area contributed by atoms with Gasteiger partial charge in [-0.25, -0.2) is 0 Å². The van der Waals surface area contributed by atoms with Gasteiger partial charge in [0.1, 0.15) is 0 Å². The van der Waals surface area contributed by atoms with Crippen LogP contribution in [-0.4, -0.2) is 10.9 Å². The zero-order valence-corrected chi connectivity index (χ0v) is 12.6. The lowest BCUT2D eigenvalue weighted by Gasteiger charge is -2.21. The zero-order chi connectivity index (χ0) is 15.4. The van der Waals surface area contributed by atoms with Gasteiger partial charge in [0.15, 0.2) is 5.78 Å². The number of ketones is 1. The summed E-state index contributed by atoms with van der Waals surface area (Å²) in [6.45, 7) is 5.10. The first-order chi connectivity index (χ1) is 10.0. The van der Waals surface area contributed by atoms with Crippen LogP contribution < -0.4 is 0 Å². The molecule has 1 atom stereocenters. The number of Topliss-reactive ketones (excluding diaryl/α,β-unsaturated/α-hetero) is 1. The molecule has 0 radical (unpaired) electrons. The van der Waals surface area contributed by atoms with Gasteiger partial charge in [-0.2, -0.15) is 0 Å². The second-order valence-corrected chi connectivity index (χ2v) is 5.31. The van der Waals surface area contributed by atoms with E-state index in [0.717, 1.165) is 11.1 Å². The molecule has 2 heteroatoms. The Balaban J connectivity index is 2.63. The molecule has 0 aromatic heterocycles. The maximum absolute atomic E-state index is 12.0. The lowest BCUT2D eigenvalue weighted by Crippen LogP contribution is -2.13. The highest BCUT2D eigenvalue weighted by atomic mass is 16.3. The Hall–Kier alpha value is -2.35. The van der Waals surface area contributed by atoms with Crippen molar-refractivity contribution in [3.05, 3.63) is 82.6 Å². The van der Waals surface area contributed by atoms with Gasteiger partial charge in [-0.05, 0) is 31.9 Å². The Morgan fingerprint density at radius 2 is 1.43 bits per heavy atom. The normalized spacial score (nSPS) is 13.5. The topological polar surface area (TPSA) is 37.3 Å². The molecule has 0 amide bonds. The summed E-state index contributed by atoms with van der Waals surface area (Å²) < 4.78 is 0. The molecule has 2 nitrogen and oxygen atoms in total. The Bertz CT molecular complexity index is 648. The number of rotatable bonds is 4. The Morgan fingerprint density at radius 1 is 0.905 bits per heavy atom. The van der Waals surface area contributed by atoms with Crippen molar-refractivity contribution in [3.63, 3.8) is 0 Å². The molecule has 0 aliphatic rings. The molecule has 2 aromatic carbocycles. The Labute approximate surface area is 125 Å². The van der Waals surface area contributed by atoms with E-state index in [9.17, 15) is 9.90 Å². The van der Waals surface area contributed by atoms with E-state index in [-0.39, 0.29) is 17.5 Å². The molecule has 21 heavy (non-hydrogen) atoms. The molecule has 0 saturated heterocycles. The van der Waals surface area contributed by atoms with E-state index in [0.29, 0.717) is 5.57 Å². The molecule has 0 heterocycles. The summed E-state index contributed by atoms with van der Waals surface area (Å²) in [4.78, 5) is 12.0. The van der Waals surface area contributed by atoms with Crippen LogP contribution in [0.5, 0.6) is 0 Å². The third kappa shape index (κ3) is 3.40. The molecule has 2 aromatic rings. The highest BCUT2D eigenvalue weighted by molar-refractivity contribution is 5.96. The number of carbonyl (C=O) groups excluding carboxylic acids is 1. The van der Waals surface area contributed by atoms with Crippen LogP contribution in [0.4, 0.5) is 0 Å². The molecule has 2 rings (SSSR count). The van der Waals surface area contributed by atoms with E-state index in [4.69, 9.17) is 0 Å². The summed E-state index contributed by atoms with van der Waals surface area (Å²) in [5.41, 5.74) is 3.62. The van der Waals surface area contributed by atoms with Crippen LogP contribution in [0.1, 0.15) is 36.5 Å². The second-order valence-electron chi connectivity index (χ2n) is 5.31. The number of benzene rings is 2. The predicted octanol–water partition coefficient (Wildman–Crippen LogP) is 4.55. The summed E-state index contributed by atoms with van der Waals surface area (Å²) in [6.07, 6.45) is 0. The maximum atomic E-state index is 12.0. The lowest BCUT2D eigenvalue weighted by molar-refractivity contribution is -0.114. The van der Waals surface area contributed by atoms with Crippen molar-refractivity contribution in [1.29, 1.82) is 0 Å². The van der Waals surface area contributed by atoms with Crippen molar-refractivity contribution in [2.24, 2.45) is 0 Å². The van der Waals surface area contributed by atoms with Crippen molar-refractivity contribution < 1.29 is 9.90 Å². The third-order valence-electron chi connectivity index (χ3n) is 3.60. The summed E-state index contributed by atoms with van der Waals surface area (Å²) in [6, 6.07) is 17.9. The molecule has 0 spiro atoms. The largest absolute Gasteiger partial charge is 0.512 e. The molecular weight excluding hydrogens is 260 g/mol. The number of hydrogen-bond acceptors (Lipinski definition) is 2. The average molecular weight is 280 g/mol. The fraction of sp³-hybridized carbons (Fsp3) is 0.211. The number of aryl methyl sites for hydroxylation is 1. The molecule has 0 saturated carbocycles. The van der Waals surface area contributed by atoms with Crippen LogP contribution in [0.2, 0.25) is 0 Å². The number of aliphatic hydroxyl groups excluding tert-OH is 1. The van der Waals surface area contributed by atoms with Crippen LogP contribution >= 0.6 is 0 Å². The van der Waals surface area contributed by atoms with Gasteiger partial charge in [0, 0.05) is 11.5 Å². The number of carbonyl (C=O) groups is 1. The van der Waals surface area contributed by atoms with Crippen LogP contribution in [0.15, 0.2) is 65.9 Å². The average Bonchev–Trinajstić information content (AvgIpc) is 2.46. The van der Waals surface area contributed by atoms with E-state index < -0.39 is 0 Å². The molecule has 108 valence electrons. The van der Waals surface area contributed by atoms with Crippen molar-refractivity contribution >= 4 is 5.78 Å². The smallest absolute Gasteiger partial charge is 0.160 e. The van der Waals surface area contributed by atoms with Gasteiger partial charge in [0.05, 0.1) is 5.76 Å². The molecule has 0 unspecified atom stereocenters. The quantitative estimate of drug-likeness (QED) is 0.659. The van der Waals surface area contributed by atoms with Crippen LogP contribution in [0.25, 0.3) is 0 Å². The van der Waals surface area contributed by atoms with Gasteiger partial charge in [-0.1, -0.05) is 60.2 Å². The van der Waals surface area contributed by atoms with Crippen molar-refractivity contribution in [2.45, 2.75) is 26.7 Å². The van der Waals surface area contributed by atoms with Gasteiger partial charge in [-0.3, -0.25) is 4.79 Å². The third-order valence-corrected chi connectivity index (χ3v) is 3.60. The molecule has 0 bridgehead atoms. The predicted molar refractivity (Wildman–Crippen MR) is 85.5 cm³/mol. The standard InChI is InChI=1S/C19H20O2/c1-13-9-11-17(12-10-13)19(16-7-5-4-6-8-16)18(14(2)20)15(3)21/h4-12,19-20H,1-3H3/b18-14+/t19-/m0/s1. The minimum atomic E-state index is -0.241. The van der Waals surface area contributed by atoms with Crippen molar-refractivity contribution in [3.8, 4) is 0 Å². The van der Waals surface area contributed by atoms with Crippen molar-refractivity contribution in [1.82, 2.24) is 0 Å². The molecule has 0 aliphatic heterocycles. The first-order valence-electron chi connectivity index (χ1n) is 7.03. The highest BCUT2D eigenvalue weighted by Crippen LogP contribution is 2.33. The summed E-state index contributed by atoms with van der Waals surface area (Å²) >= 11 is 0. The van der Waals surface area contributed by atoms with Gasteiger partial charge >= 0.3 is 0 Å². The van der Waals surface area contributed by atoms with Crippen LogP contribution in [0, 0.1) is 6.92 Å². The number of allylic oxidation sites excluding steroid dienone is 2. The number of aliphatic hydroxyl groups is 1. The van der Waals surface area contributed by atoms with E-state index in [1.807, 2.05) is 61.5 Å². The van der Waals surface area contributed by atoms with Crippen molar-refractivity contribution in [2.75, 3.05) is 0 Å². The Kier molecular flexibility index (Phi) is 4.59. The van der Waals surface area contributed by atoms with E-state index >= 15 is 0 Å². The fourth-order valence-corrected chi connectivity index (χ4v) is 2.60. The highest BCUT2D eigenvalue weighted by Gasteiger charge is 2.24. The fourth-order valence-electron chi connectivity index (χ4n) is 2.60. The number of hydrogen-bond donors (Lipinski definition) is 1. The minimum absolute atomic E-state index is 0.0805. The first-order valence-corrected chi connectivity index (χ1v) is 7.03. The SMILES string of the molecule is CC(=O)/C(=C(/C)O)[C@@H](c1ccccc1)c1ccc(C)cc1. The monoisotopic (exact) mass is 280 g/mol. The Morgan fingerprint density at radius 3 is 1.90 bits per heavy atom. The maximum Gasteiger partial charge on any atom is 0.160 e. The summed E-state index contributed by atoms with van der Waals surface area (Å²) in [7, 11) is 0. The van der Waals surface area contributed by atoms with Gasteiger partial charge < -0.3 is 5.11 Å². The molecule has 0 fully saturated rings. The molecule has 1 N–H and O–H groups in total. The minimum Gasteiger partial charge on any atom is -0.512 e. The lowest BCUT2D eigenvalue weighted by atomic mass is 9.82. The molecule has 0 aliphatic carbocycles. The van der Waals surface area contributed by atoms with Gasteiger partial charge in [0.2, 0.25) is 0 Å². The van der Waals surface area contributed by atoms with Gasteiger partial charge in [-0.15, -0.1) is 0 Å².